The molecular weight excluding hydrogens is 1140 g/mol. The predicted molar refractivity (Wildman–Crippen MR) is 320 cm³/mol. The summed E-state index contributed by atoms with van der Waals surface area (Å²) in [7, 11) is -3.92. The SMILES string of the molecule is N#Cc1ccc(C(=O)N(Cc2cnc[nH]2)c2ccc(N3CCN(C(=O)c4ccc(Cl)s4)CC3)cc2)cc1.N#Cc1ccc(Cn2cncc2CN(c2ccc(N3CCN(C(=O)c4ccc(Cl)s4)CC3)cc2)S(=O)(=O)c2ccccc2)cc1. The van der Waals surface area contributed by atoms with Crippen molar-refractivity contribution >= 4 is 96.4 Å². The number of rotatable bonds is 15. The molecule has 4 aromatic heterocycles. The molecule has 0 radical (unpaired) electrons. The van der Waals surface area contributed by atoms with Crippen LogP contribution in [0.5, 0.6) is 0 Å². The number of benzene rings is 5. The Morgan fingerprint density at radius 2 is 1.12 bits per heavy atom. The fourth-order valence-electron chi connectivity index (χ4n) is 9.53. The van der Waals surface area contributed by atoms with Crippen molar-refractivity contribution in [3.8, 4) is 12.1 Å². The molecule has 11 rings (SSSR count). The molecule has 0 spiro atoms. The smallest absolute Gasteiger partial charge is 0.264 e. The Morgan fingerprint density at radius 3 is 1.61 bits per heavy atom. The van der Waals surface area contributed by atoms with Crippen LogP contribution in [0.1, 0.15) is 57.8 Å². The van der Waals surface area contributed by atoms with Crippen LogP contribution in [0.25, 0.3) is 0 Å². The van der Waals surface area contributed by atoms with E-state index in [1.54, 1.807) is 121 Å². The summed E-state index contributed by atoms with van der Waals surface area (Å²) in [5, 5.41) is 18.2. The van der Waals surface area contributed by atoms with Gasteiger partial charge in [-0.2, -0.15) is 10.5 Å². The van der Waals surface area contributed by atoms with Gasteiger partial charge in [-0.25, -0.2) is 18.4 Å². The zero-order chi connectivity index (χ0) is 57.2. The molecule has 17 nitrogen and oxygen atoms in total. The highest BCUT2D eigenvalue weighted by Crippen LogP contribution is 2.31. The van der Waals surface area contributed by atoms with E-state index in [4.69, 9.17) is 33.7 Å². The van der Waals surface area contributed by atoms with Crippen LogP contribution < -0.4 is 19.0 Å². The first-order valence-corrected chi connectivity index (χ1v) is 29.8. The highest BCUT2D eigenvalue weighted by Gasteiger charge is 2.29. The number of imidazole rings is 2. The molecule has 2 fully saturated rings. The van der Waals surface area contributed by atoms with E-state index >= 15 is 0 Å². The summed E-state index contributed by atoms with van der Waals surface area (Å²) in [5.74, 6) is -0.169. The summed E-state index contributed by atoms with van der Waals surface area (Å²) >= 11 is 14.6. The molecule has 22 heteroatoms. The molecule has 0 atom stereocenters. The molecule has 0 aliphatic carbocycles. The van der Waals surface area contributed by atoms with Gasteiger partial charge < -0.3 is 34.1 Å². The van der Waals surface area contributed by atoms with Crippen molar-refractivity contribution in [2.24, 2.45) is 0 Å². The van der Waals surface area contributed by atoms with Crippen LogP contribution in [0.4, 0.5) is 22.7 Å². The molecule has 0 unspecified atom stereocenters. The predicted octanol–water partition coefficient (Wildman–Crippen LogP) is 10.7. The lowest BCUT2D eigenvalue weighted by Crippen LogP contribution is -2.48. The third kappa shape index (κ3) is 13.4. The molecule has 5 aromatic carbocycles. The highest BCUT2D eigenvalue weighted by atomic mass is 35.5. The van der Waals surface area contributed by atoms with Gasteiger partial charge >= 0.3 is 0 Å². The average molecular weight is 1190 g/mol. The van der Waals surface area contributed by atoms with Crippen molar-refractivity contribution in [3.63, 3.8) is 0 Å². The van der Waals surface area contributed by atoms with Gasteiger partial charge in [0, 0.05) is 93.9 Å². The number of hydrogen-bond donors (Lipinski definition) is 1. The topological polar surface area (TPSA) is 199 Å². The molecule has 2 aliphatic heterocycles. The first kappa shape index (κ1) is 56.5. The summed E-state index contributed by atoms with van der Waals surface area (Å²) in [6.45, 7) is 6.02. The van der Waals surface area contributed by atoms with Gasteiger partial charge in [-0.15, -0.1) is 22.7 Å². The number of nitrogens with one attached hydrogen (secondary N) is 1. The Kier molecular flexibility index (Phi) is 17.8. The molecule has 0 saturated carbocycles. The quantitative estimate of drug-likeness (QED) is 0.102. The van der Waals surface area contributed by atoms with Gasteiger partial charge in [0.2, 0.25) is 0 Å². The number of H-pyrrole nitrogens is 1. The summed E-state index contributed by atoms with van der Waals surface area (Å²) in [6.07, 6.45) is 6.64. The van der Waals surface area contributed by atoms with Crippen molar-refractivity contribution in [1.29, 1.82) is 10.5 Å². The van der Waals surface area contributed by atoms with Crippen LogP contribution in [0.2, 0.25) is 8.67 Å². The second-order valence-corrected chi connectivity index (χ2v) is 24.4. The maximum absolute atomic E-state index is 14.0. The molecule has 2 aliphatic rings. The van der Waals surface area contributed by atoms with Gasteiger partial charge in [-0.05, 0) is 127 Å². The van der Waals surface area contributed by atoms with Gasteiger partial charge in [-0.1, -0.05) is 53.5 Å². The number of carbonyl (C=O) groups excluding carboxylic acids is 3. The average Bonchev–Trinajstić information content (AvgIpc) is 4.43. The summed E-state index contributed by atoms with van der Waals surface area (Å²) in [4.78, 5) is 61.7. The molecular formula is C60H52Cl2N12O5S3. The van der Waals surface area contributed by atoms with E-state index in [0.29, 0.717) is 106 Å². The van der Waals surface area contributed by atoms with Crippen molar-refractivity contribution in [1.82, 2.24) is 29.3 Å². The van der Waals surface area contributed by atoms with E-state index in [1.165, 1.54) is 27.0 Å². The minimum absolute atomic E-state index is 0.0120. The summed E-state index contributed by atoms with van der Waals surface area (Å²) in [5.41, 5.74) is 7.32. The number of halogens is 2. The fraction of sp³-hybridized carbons (Fsp3) is 0.183. The number of hydrogen-bond acceptors (Lipinski definition) is 13. The lowest BCUT2D eigenvalue weighted by Gasteiger charge is -2.36. The molecule has 9 aromatic rings. The number of amides is 3. The second kappa shape index (κ2) is 25.8. The monoisotopic (exact) mass is 1190 g/mol. The number of nitrogens with zero attached hydrogens (tertiary/aromatic N) is 11. The molecule has 0 bridgehead atoms. The fourth-order valence-corrected chi connectivity index (χ4v) is 13.0. The molecule has 1 N–H and O–H groups in total. The Balaban J connectivity index is 0.000000187. The zero-order valence-electron chi connectivity index (χ0n) is 44.0. The highest BCUT2D eigenvalue weighted by molar-refractivity contribution is 7.92. The Morgan fingerprint density at radius 1 is 0.598 bits per heavy atom. The maximum atomic E-state index is 14.0. The van der Waals surface area contributed by atoms with Crippen LogP contribution in [0, 0.1) is 22.7 Å². The largest absolute Gasteiger partial charge is 0.368 e. The molecule has 414 valence electrons. The normalized spacial score (nSPS) is 13.4. The van der Waals surface area contributed by atoms with Crippen molar-refractivity contribution in [3.05, 3.63) is 229 Å². The third-order valence-corrected chi connectivity index (χ3v) is 18.2. The minimum atomic E-state index is -3.92. The number of carbonyl (C=O) groups is 3. The Hall–Kier alpha value is -8.76. The van der Waals surface area contributed by atoms with Gasteiger partial charge in [0.25, 0.3) is 27.7 Å². The van der Waals surface area contributed by atoms with E-state index in [-0.39, 0.29) is 29.2 Å². The van der Waals surface area contributed by atoms with Crippen molar-refractivity contribution in [2.45, 2.75) is 24.5 Å². The van der Waals surface area contributed by atoms with Gasteiger partial charge in [0.05, 0.1) is 89.4 Å². The number of piperazine rings is 2. The number of aromatic nitrogens is 4. The van der Waals surface area contributed by atoms with Crippen LogP contribution >= 0.6 is 45.9 Å². The van der Waals surface area contributed by atoms with Gasteiger partial charge in [-0.3, -0.25) is 18.7 Å². The summed E-state index contributed by atoms with van der Waals surface area (Å²) in [6, 6.07) is 48.9. The zero-order valence-corrected chi connectivity index (χ0v) is 47.9. The Labute approximate surface area is 492 Å². The molecule has 2 saturated heterocycles. The molecule has 82 heavy (non-hydrogen) atoms. The van der Waals surface area contributed by atoms with Crippen LogP contribution in [-0.4, -0.2) is 108 Å². The molecule has 6 heterocycles. The van der Waals surface area contributed by atoms with Crippen LogP contribution in [0.3, 0.4) is 0 Å². The number of anilines is 4. The minimum Gasteiger partial charge on any atom is -0.368 e. The maximum Gasteiger partial charge on any atom is 0.264 e. The van der Waals surface area contributed by atoms with Crippen molar-refractivity contribution < 1.29 is 22.8 Å². The number of thiophene rings is 2. The first-order valence-electron chi connectivity index (χ1n) is 26.0. The lowest BCUT2D eigenvalue weighted by molar-refractivity contribution is 0.0744. The van der Waals surface area contributed by atoms with Gasteiger partial charge in [0.15, 0.2) is 0 Å². The van der Waals surface area contributed by atoms with Crippen LogP contribution in [0.15, 0.2) is 182 Å². The standard InChI is InChI=1S/C33H29ClN6O3S2.C27H23ClN6O2S/c34-32-15-14-31(44-32)33(41)38-18-16-37(17-19-38)27-10-12-28(13-11-27)40(45(42,43)30-4-2-1-3-5-30)23-29-21-36-24-39(29)22-26-8-6-25(20-35)7-9-26;28-25-10-9-24(37-25)27(36)33-13-11-32(12-14-33)22-5-7-23(8-6-22)34(17-21-16-30-18-31-21)26(35)20-3-1-19(15-29)2-4-20/h1-15,21,24H,16-19,22-23H2;1-10,16,18H,11-14,17H2,(H,30,31). The first-order chi connectivity index (χ1) is 39.8. The Bertz CT molecular complexity index is 3850. The third-order valence-electron chi connectivity index (χ3n) is 14.0. The molecule has 3 amide bonds. The van der Waals surface area contributed by atoms with E-state index in [0.717, 1.165) is 34.0 Å². The lowest BCUT2D eigenvalue weighted by atomic mass is 10.1. The van der Waals surface area contributed by atoms with Gasteiger partial charge in [0.1, 0.15) is 0 Å². The van der Waals surface area contributed by atoms with Crippen molar-refractivity contribution in [2.75, 3.05) is 71.4 Å². The van der Waals surface area contributed by atoms with Crippen LogP contribution in [-0.2, 0) is 29.7 Å². The van der Waals surface area contributed by atoms with E-state index in [9.17, 15) is 22.8 Å². The number of aromatic amines is 1. The number of sulfonamides is 1. The van der Waals surface area contributed by atoms with E-state index in [1.807, 2.05) is 75.0 Å². The number of nitriles is 2. The van der Waals surface area contributed by atoms with E-state index < -0.39 is 10.0 Å². The second-order valence-electron chi connectivity index (χ2n) is 19.1. The summed E-state index contributed by atoms with van der Waals surface area (Å²) < 4.78 is 32.5. The van der Waals surface area contributed by atoms with E-state index in [2.05, 4.69) is 36.9 Å².